The van der Waals surface area contributed by atoms with E-state index < -0.39 is 0 Å². The van der Waals surface area contributed by atoms with E-state index in [0.29, 0.717) is 5.84 Å². The zero-order valence-corrected chi connectivity index (χ0v) is 15.9. The van der Waals surface area contributed by atoms with Gasteiger partial charge in [0.05, 0.1) is 11.4 Å². The molecule has 0 saturated heterocycles. The summed E-state index contributed by atoms with van der Waals surface area (Å²) in [7, 11) is 0. The topological polar surface area (TPSA) is 36.8 Å². The van der Waals surface area contributed by atoms with Gasteiger partial charge in [-0.2, -0.15) is 5.10 Å². The van der Waals surface area contributed by atoms with Crippen molar-refractivity contribution in [1.29, 1.82) is 0 Å². The highest BCUT2D eigenvalue weighted by molar-refractivity contribution is 6.21. The molecule has 1 aliphatic rings. The summed E-state index contributed by atoms with van der Waals surface area (Å²) >= 11 is 0. The molecule has 140 valence electrons. The highest BCUT2D eigenvalue weighted by atomic mass is 19.1. The molecule has 0 unspecified atom stereocenters. The summed E-state index contributed by atoms with van der Waals surface area (Å²) in [5.74, 6) is 0.308. The Bertz CT molecular complexity index is 1270. The fraction of sp³-hybridized carbons (Fsp3) is 0.0400. The summed E-state index contributed by atoms with van der Waals surface area (Å²) in [5, 5.41) is 6.85. The van der Waals surface area contributed by atoms with Crippen molar-refractivity contribution < 1.29 is 4.39 Å². The zero-order chi connectivity index (χ0) is 19.8. The molecule has 1 aliphatic heterocycles. The average Bonchev–Trinajstić information content (AvgIpc) is 2.95. The third-order valence-corrected chi connectivity index (χ3v) is 5.10. The first-order valence-electron chi connectivity index (χ1n) is 9.46. The van der Waals surface area contributed by atoms with Crippen LogP contribution in [0.1, 0.15) is 22.3 Å². The molecule has 1 heterocycles. The van der Waals surface area contributed by atoms with Gasteiger partial charge in [0.15, 0.2) is 5.84 Å². The van der Waals surface area contributed by atoms with Gasteiger partial charge in [0.2, 0.25) is 0 Å². The number of halogens is 1. The molecular formula is C25H18FN3. The van der Waals surface area contributed by atoms with E-state index in [9.17, 15) is 4.39 Å². The normalized spacial score (nSPS) is 13.2. The predicted molar refractivity (Wildman–Crippen MR) is 116 cm³/mol. The summed E-state index contributed by atoms with van der Waals surface area (Å²) in [6, 6.07) is 26.9. The number of benzene rings is 4. The Labute approximate surface area is 168 Å². The average molecular weight is 379 g/mol. The molecule has 29 heavy (non-hydrogen) atoms. The minimum atomic E-state index is -0.280. The van der Waals surface area contributed by atoms with Crippen LogP contribution in [0.2, 0.25) is 0 Å². The van der Waals surface area contributed by atoms with Gasteiger partial charge in [0.1, 0.15) is 5.82 Å². The van der Waals surface area contributed by atoms with E-state index >= 15 is 0 Å². The number of aryl methyl sites for hydroxylation is 1. The number of nitrogens with one attached hydrogen (secondary N) is 1. The zero-order valence-electron chi connectivity index (χ0n) is 15.9. The largest absolute Gasteiger partial charge is 0.260 e. The van der Waals surface area contributed by atoms with Gasteiger partial charge in [-0.3, -0.25) is 5.43 Å². The highest BCUT2D eigenvalue weighted by Gasteiger charge is 2.19. The summed E-state index contributed by atoms with van der Waals surface area (Å²) < 4.78 is 13.4. The second kappa shape index (κ2) is 6.99. The van der Waals surface area contributed by atoms with Crippen molar-refractivity contribution in [2.45, 2.75) is 6.92 Å². The van der Waals surface area contributed by atoms with Gasteiger partial charge in [-0.25, -0.2) is 9.38 Å². The van der Waals surface area contributed by atoms with Crippen molar-refractivity contribution in [1.82, 2.24) is 5.43 Å². The fourth-order valence-electron chi connectivity index (χ4n) is 3.54. The Morgan fingerprint density at radius 3 is 2.28 bits per heavy atom. The predicted octanol–water partition coefficient (Wildman–Crippen LogP) is 5.72. The standard InChI is InChI=1S/C25H18FN3/c1-16-6-8-18(9-7-16)23-22-15-12-17-4-2-3-5-21(17)24(22)27-25(29-28-23)19-10-13-20(26)14-11-19/h2-15H,1H3,(H,27,29). The van der Waals surface area contributed by atoms with Crippen molar-refractivity contribution in [2.75, 3.05) is 0 Å². The smallest absolute Gasteiger partial charge is 0.154 e. The third-order valence-electron chi connectivity index (χ3n) is 5.10. The quantitative estimate of drug-likeness (QED) is 0.475. The number of rotatable bonds is 2. The highest BCUT2D eigenvalue weighted by Crippen LogP contribution is 2.33. The second-order valence-corrected chi connectivity index (χ2v) is 7.09. The number of hydrogen-bond donors (Lipinski definition) is 1. The molecule has 0 saturated carbocycles. The first kappa shape index (κ1) is 17.3. The molecule has 0 atom stereocenters. The van der Waals surface area contributed by atoms with Gasteiger partial charge in [-0.05, 0) is 42.6 Å². The van der Waals surface area contributed by atoms with Crippen molar-refractivity contribution in [3.63, 3.8) is 0 Å². The van der Waals surface area contributed by atoms with Crippen molar-refractivity contribution in [3.8, 4) is 0 Å². The van der Waals surface area contributed by atoms with Crippen LogP contribution in [-0.2, 0) is 0 Å². The van der Waals surface area contributed by atoms with Gasteiger partial charge in [-0.15, -0.1) is 0 Å². The van der Waals surface area contributed by atoms with Crippen LogP contribution >= 0.6 is 0 Å². The van der Waals surface area contributed by atoms with Crippen LogP contribution in [-0.4, -0.2) is 11.5 Å². The minimum Gasteiger partial charge on any atom is -0.260 e. The van der Waals surface area contributed by atoms with Crippen LogP contribution in [0.4, 0.5) is 10.1 Å². The Hall–Kier alpha value is -3.79. The van der Waals surface area contributed by atoms with E-state index in [1.165, 1.54) is 17.7 Å². The van der Waals surface area contributed by atoms with Gasteiger partial charge in [-0.1, -0.05) is 60.2 Å². The number of fused-ring (bicyclic) bond motifs is 3. The molecule has 4 aromatic carbocycles. The van der Waals surface area contributed by atoms with E-state index in [4.69, 9.17) is 10.1 Å². The van der Waals surface area contributed by atoms with Crippen LogP contribution < -0.4 is 5.43 Å². The number of hydrogen-bond acceptors (Lipinski definition) is 3. The van der Waals surface area contributed by atoms with E-state index in [1.54, 1.807) is 12.1 Å². The van der Waals surface area contributed by atoms with E-state index in [2.05, 4.69) is 60.9 Å². The van der Waals surface area contributed by atoms with Crippen LogP contribution in [0, 0.1) is 12.7 Å². The number of amidine groups is 1. The van der Waals surface area contributed by atoms with Crippen LogP contribution in [0.5, 0.6) is 0 Å². The molecule has 0 radical (unpaired) electrons. The molecule has 0 amide bonds. The molecule has 5 rings (SSSR count). The summed E-state index contributed by atoms with van der Waals surface area (Å²) in [6.45, 7) is 2.06. The van der Waals surface area contributed by atoms with Gasteiger partial charge >= 0.3 is 0 Å². The molecule has 4 aromatic rings. The van der Waals surface area contributed by atoms with E-state index in [1.807, 2.05) is 12.1 Å². The lowest BCUT2D eigenvalue weighted by Crippen LogP contribution is -2.19. The summed E-state index contributed by atoms with van der Waals surface area (Å²) in [4.78, 5) is 4.93. The fourth-order valence-corrected chi connectivity index (χ4v) is 3.54. The summed E-state index contributed by atoms with van der Waals surface area (Å²) in [5.41, 5.74) is 8.72. The van der Waals surface area contributed by atoms with Crippen molar-refractivity contribution in [2.24, 2.45) is 10.1 Å². The van der Waals surface area contributed by atoms with E-state index in [0.717, 1.165) is 38.9 Å². The maximum absolute atomic E-state index is 13.4. The minimum absolute atomic E-state index is 0.280. The molecule has 0 aromatic heterocycles. The van der Waals surface area contributed by atoms with Crippen LogP contribution in [0.25, 0.3) is 10.8 Å². The third kappa shape index (κ3) is 3.19. The number of nitrogens with zero attached hydrogens (tertiary/aromatic N) is 2. The lowest BCUT2D eigenvalue weighted by molar-refractivity contribution is 0.627. The van der Waals surface area contributed by atoms with Crippen molar-refractivity contribution >= 4 is 28.0 Å². The number of aliphatic imine (C=N–C) groups is 1. The maximum atomic E-state index is 13.4. The van der Waals surface area contributed by atoms with E-state index in [-0.39, 0.29) is 5.82 Å². The Morgan fingerprint density at radius 1 is 0.759 bits per heavy atom. The first-order valence-corrected chi connectivity index (χ1v) is 9.46. The molecule has 0 bridgehead atoms. The Morgan fingerprint density at radius 2 is 1.48 bits per heavy atom. The molecule has 3 nitrogen and oxygen atoms in total. The van der Waals surface area contributed by atoms with Crippen LogP contribution in [0.3, 0.4) is 0 Å². The van der Waals surface area contributed by atoms with Crippen molar-refractivity contribution in [3.05, 3.63) is 113 Å². The molecule has 0 aliphatic carbocycles. The maximum Gasteiger partial charge on any atom is 0.154 e. The molecule has 0 fully saturated rings. The SMILES string of the molecule is Cc1ccc(C2=NNC(c3ccc(F)cc3)=Nc3c2ccc2ccccc32)cc1. The van der Waals surface area contributed by atoms with Crippen LogP contribution in [0.15, 0.2) is 95.0 Å². The molecular weight excluding hydrogens is 361 g/mol. The lowest BCUT2D eigenvalue weighted by atomic mass is 9.96. The van der Waals surface area contributed by atoms with Gasteiger partial charge in [0, 0.05) is 22.1 Å². The Kier molecular flexibility index (Phi) is 4.17. The second-order valence-electron chi connectivity index (χ2n) is 7.09. The monoisotopic (exact) mass is 379 g/mol. The van der Waals surface area contributed by atoms with Gasteiger partial charge in [0.25, 0.3) is 0 Å². The molecule has 4 heteroatoms. The first-order chi connectivity index (χ1) is 14.2. The number of hydrazone groups is 1. The lowest BCUT2D eigenvalue weighted by Gasteiger charge is -2.10. The molecule has 1 N–H and O–H groups in total. The van der Waals surface area contributed by atoms with Gasteiger partial charge < -0.3 is 0 Å². The Balaban J connectivity index is 1.76. The summed E-state index contributed by atoms with van der Waals surface area (Å²) in [6.07, 6.45) is 0. The molecule has 0 spiro atoms.